The predicted octanol–water partition coefficient (Wildman–Crippen LogP) is 4.06. The fraction of sp³-hybridized carbons (Fsp3) is 0.200. The van der Waals surface area contributed by atoms with Gasteiger partial charge in [-0.2, -0.15) is 0 Å². The molecular formula is C15H16. The summed E-state index contributed by atoms with van der Waals surface area (Å²) >= 11 is 0. The van der Waals surface area contributed by atoms with Crippen LogP contribution in [0.3, 0.4) is 0 Å². The molecule has 1 aliphatic carbocycles. The first kappa shape index (κ1) is 9.97. The summed E-state index contributed by atoms with van der Waals surface area (Å²) in [5.41, 5.74) is 4.11. The van der Waals surface area contributed by atoms with Crippen molar-refractivity contribution < 1.29 is 0 Å². The van der Waals surface area contributed by atoms with Gasteiger partial charge in [-0.05, 0) is 30.9 Å². The monoisotopic (exact) mass is 196 g/mol. The van der Waals surface area contributed by atoms with E-state index in [1.54, 1.807) is 0 Å². The number of allylic oxidation sites excluding steroid dienone is 6. The molecule has 0 unspecified atom stereocenters. The summed E-state index contributed by atoms with van der Waals surface area (Å²) in [5, 5.41) is 0. The van der Waals surface area contributed by atoms with Crippen LogP contribution in [0.25, 0.3) is 0 Å². The van der Waals surface area contributed by atoms with Crippen molar-refractivity contribution in [3.05, 3.63) is 71.3 Å². The maximum atomic E-state index is 2.31. The van der Waals surface area contributed by atoms with E-state index in [0.717, 1.165) is 12.8 Å². The Labute approximate surface area is 91.6 Å². The average Bonchev–Trinajstić information content (AvgIpc) is 2.66. The zero-order valence-corrected chi connectivity index (χ0v) is 9.11. The van der Waals surface area contributed by atoms with Crippen molar-refractivity contribution >= 4 is 0 Å². The van der Waals surface area contributed by atoms with Crippen LogP contribution in [-0.4, -0.2) is 0 Å². The van der Waals surface area contributed by atoms with Gasteiger partial charge in [0.1, 0.15) is 0 Å². The van der Waals surface area contributed by atoms with Gasteiger partial charge < -0.3 is 0 Å². The van der Waals surface area contributed by atoms with Crippen molar-refractivity contribution in [1.29, 1.82) is 0 Å². The Balaban J connectivity index is 1.88. The third-order valence-corrected chi connectivity index (χ3v) is 2.59. The largest absolute Gasteiger partial charge is 0.0769 e. The highest BCUT2D eigenvalue weighted by atomic mass is 14.0. The van der Waals surface area contributed by atoms with Crippen molar-refractivity contribution in [3.63, 3.8) is 0 Å². The molecule has 0 saturated heterocycles. The van der Waals surface area contributed by atoms with Crippen LogP contribution in [0.5, 0.6) is 0 Å². The summed E-state index contributed by atoms with van der Waals surface area (Å²) < 4.78 is 0. The lowest BCUT2D eigenvalue weighted by Gasteiger charge is -1.97. The van der Waals surface area contributed by atoms with Gasteiger partial charge >= 0.3 is 0 Å². The smallest absolute Gasteiger partial charge is 0.0244 e. The molecular weight excluding hydrogens is 180 g/mol. The quantitative estimate of drug-likeness (QED) is 0.683. The fourth-order valence-corrected chi connectivity index (χ4v) is 1.76. The zero-order valence-electron chi connectivity index (χ0n) is 9.11. The van der Waals surface area contributed by atoms with Crippen LogP contribution in [0.15, 0.2) is 65.8 Å². The molecule has 0 radical (unpaired) electrons. The molecule has 0 spiro atoms. The molecule has 2 rings (SSSR count). The van der Waals surface area contributed by atoms with E-state index >= 15 is 0 Å². The van der Waals surface area contributed by atoms with Gasteiger partial charge in [0.05, 0.1) is 0 Å². The molecule has 0 nitrogen and oxygen atoms in total. The van der Waals surface area contributed by atoms with Crippen LogP contribution in [-0.2, 0) is 6.42 Å². The van der Waals surface area contributed by atoms with E-state index in [1.165, 1.54) is 16.7 Å². The highest BCUT2D eigenvalue weighted by molar-refractivity contribution is 5.44. The maximum absolute atomic E-state index is 2.31. The summed E-state index contributed by atoms with van der Waals surface area (Å²) in [5.74, 6) is 0. The molecule has 0 heteroatoms. The highest BCUT2D eigenvalue weighted by Gasteiger charge is 1.96. The fourth-order valence-electron chi connectivity index (χ4n) is 1.76. The zero-order chi connectivity index (χ0) is 10.5. The Kier molecular flexibility index (Phi) is 3.18. The lowest BCUT2D eigenvalue weighted by molar-refractivity contribution is 0.997. The van der Waals surface area contributed by atoms with E-state index in [9.17, 15) is 0 Å². The molecule has 0 atom stereocenters. The number of aryl methyl sites for hydroxylation is 1. The minimum Gasteiger partial charge on any atom is -0.0769 e. The van der Waals surface area contributed by atoms with Crippen LogP contribution in [0.2, 0.25) is 0 Å². The maximum Gasteiger partial charge on any atom is -0.0244 e. The second-order valence-corrected chi connectivity index (χ2v) is 3.95. The number of rotatable bonds is 3. The minimum atomic E-state index is 1.12. The van der Waals surface area contributed by atoms with Gasteiger partial charge in [0.25, 0.3) is 0 Å². The van der Waals surface area contributed by atoms with Crippen molar-refractivity contribution in [3.8, 4) is 0 Å². The van der Waals surface area contributed by atoms with E-state index < -0.39 is 0 Å². The summed E-state index contributed by atoms with van der Waals surface area (Å²) in [4.78, 5) is 0. The van der Waals surface area contributed by atoms with E-state index in [1.807, 2.05) is 0 Å². The SMILES string of the molecule is CC1=CC(=CCCc2ccccc2)C=C1. The van der Waals surface area contributed by atoms with E-state index in [2.05, 4.69) is 61.6 Å². The number of hydrogen-bond donors (Lipinski definition) is 0. The first-order valence-corrected chi connectivity index (χ1v) is 5.45. The average molecular weight is 196 g/mol. The van der Waals surface area contributed by atoms with Gasteiger partial charge in [-0.15, -0.1) is 0 Å². The van der Waals surface area contributed by atoms with Crippen LogP contribution >= 0.6 is 0 Å². The first-order chi connectivity index (χ1) is 7.34. The molecule has 0 saturated carbocycles. The van der Waals surface area contributed by atoms with Crippen molar-refractivity contribution in [2.75, 3.05) is 0 Å². The Morgan fingerprint density at radius 3 is 2.53 bits per heavy atom. The van der Waals surface area contributed by atoms with Crippen LogP contribution in [0, 0.1) is 0 Å². The Hall–Kier alpha value is -1.56. The molecule has 0 amide bonds. The van der Waals surface area contributed by atoms with Gasteiger partial charge in [-0.1, -0.05) is 60.2 Å². The molecule has 0 heterocycles. The Morgan fingerprint density at radius 1 is 1.07 bits per heavy atom. The minimum absolute atomic E-state index is 1.12. The molecule has 0 aromatic heterocycles. The molecule has 0 N–H and O–H groups in total. The number of benzene rings is 1. The Morgan fingerprint density at radius 2 is 1.87 bits per heavy atom. The standard InChI is InChI=1S/C15H16/c1-13-10-11-15(12-13)9-5-8-14-6-3-2-4-7-14/h2-4,6-7,9-12H,5,8H2,1H3. The molecule has 0 aliphatic heterocycles. The molecule has 1 aromatic rings. The molecule has 0 bridgehead atoms. The Bertz CT molecular complexity index is 405. The summed E-state index contributed by atoms with van der Waals surface area (Å²) in [7, 11) is 0. The first-order valence-electron chi connectivity index (χ1n) is 5.45. The molecule has 76 valence electrons. The lowest BCUT2D eigenvalue weighted by Crippen LogP contribution is -1.82. The van der Waals surface area contributed by atoms with Crippen LogP contribution in [0.1, 0.15) is 18.9 Å². The molecule has 1 aromatic carbocycles. The van der Waals surface area contributed by atoms with E-state index in [4.69, 9.17) is 0 Å². The lowest BCUT2D eigenvalue weighted by atomic mass is 10.1. The van der Waals surface area contributed by atoms with Gasteiger partial charge in [-0.25, -0.2) is 0 Å². The highest BCUT2D eigenvalue weighted by Crippen LogP contribution is 2.15. The van der Waals surface area contributed by atoms with E-state index in [0.29, 0.717) is 0 Å². The third kappa shape index (κ3) is 2.95. The number of hydrogen-bond acceptors (Lipinski definition) is 0. The second-order valence-electron chi connectivity index (χ2n) is 3.95. The summed E-state index contributed by atoms with van der Waals surface area (Å²) in [6, 6.07) is 10.6. The molecule has 1 aliphatic rings. The molecule has 15 heavy (non-hydrogen) atoms. The van der Waals surface area contributed by atoms with Crippen LogP contribution in [0.4, 0.5) is 0 Å². The van der Waals surface area contributed by atoms with Crippen molar-refractivity contribution in [1.82, 2.24) is 0 Å². The molecule has 0 fully saturated rings. The summed E-state index contributed by atoms with van der Waals surface area (Å²) in [6.07, 6.45) is 11.1. The predicted molar refractivity (Wildman–Crippen MR) is 65.7 cm³/mol. The third-order valence-electron chi connectivity index (χ3n) is 2.59. The topological polar surface area (TPSA) is 0 Å². The summed E-state index contributed by atoms with van der Waals surface area (Å²) in [6.45, 7) is 2.13. The van der Waals surface area contributed by atoms with Gasteiger partial charge in [0.15, 0.2) is 0 Å². The van der Waals surface area contributed by atoms with Gasteiger partial charge in [0, 0.05) is 0 Å². The second kappa shape index (κ2) is 4.79. The van der Waals surface area contributed by atoms with Gasteiger partial charge in [0.2, 0.25) is 0 Å². The normalized spacial score (nSPS) is 17.1. The van der Waals surface area contributed by atoms with Gasteiger partial charge in [-0.3, -0.25) is 0 Å². The van der Waals surface area contributed by atoms with Crippen molar-refractivity contribution in [2.24, 2.45) is 0 Å². The van der Waals surface area contributed by atoms with Crippen LogP contribution < -0.4 is 0 Å². The van der Waals surface area contributed by atoms with Crippen molar-refractivity contribution in [2.45, 2.75) is 19.8 Å². The van der Waals surface area contributed by atoms with E-state index in [-0.39, 0.29) is 0 Å².